The number of aromatic carboxylic acids is 1. The van der Waals surface area contributed by atoms with Crippen LogP contribution in [-0.4, -0.2) is 11.1 Å². The fourth-order valence-corrected chi connectivity index (χ4v) is 2.36. The maximum atomic E-state index is 10.8. The van der Waals surface area contributed by atoms with Gasteiger partial charge in [-0.25, -0.2) is 4.79 Å². The molecule has 1 rings (SSSR count). The van der Waals surface area contributed by atoms with Gasteiger partial charge in [0.05, 0.1) is 17.2 Å². The predicted octanol–water partition coefficient (Wildman–Crippen LogP) is 2.91. The Morgan fingerprint density at radius 3 is 2.64 bits per heavy atom. The Morgan fingerprint density at radius 1 is 1.57 bits per heavy atom. The summed E-state index contributed by atoms with van der Waals surface area (Å²) in [5.74, 6) is -1.05. The van der Waals surface area contributed by atoms with Crippen molar-refractivity contribution in [3.63, 3.8) is 0 Å². The second-order valence-corrected chi connectivity index (χ2v) is 3.90. The lowest BCUT2D eigenvalue weighted by atomic mass is 10.1. The van der Waals surface area contributed by atoms with Gasteiger partial charge < -0.3 is 5.11 Å². The Balaban J connectivity index is 3.44. The van der Waals surface area contributed by atoms with E-state index in [1.165, 1.54) is 6.07 Å². The number of alkyl halides is 1. The first kappa shape index (κ1) is 11.2. The van der Waals surface area contributed by atoms with Gasteiger partial charge in [0.25, 0.3) is 0 Å². The average molecular weight is 319 g/mol. The van der Waals surface area contributed by atoms with Gasteiger partial charge in [0.2, 0.25) is 0 Å². The van der Waals surface area contributed by atoms with E-state index < -0.39 is 5.97 Å². The number of nitriles is 1. The maximum Gasteiger partial charge on any atom is 0.336 e. The SMILES string of the molecule is N#Cc1cc(CBr)c(Br)c(C(=O)O)c1. The Hall–Kier alpha value is -0.860. The first-order valence-electron chi connectivity index (χ1n) is 3.62. The molecule has 14 heavy (non-hydrogen) atoms. The van der Waals surface area contributed by atoms with Crippen molar-refractivity contribution in [1.29, 1.82) is 5.26 Å². The number of benzene rings is 1. The van der Waals surface area contributed by atoms with E-state index in [4.69, 9.17) is 10.4 Å². The number of carboxylic acid groups (broad SMARTS) is 1. The van der Waals surface area contributed by atoms with E-state index in [0.29, 0.717) is 15.4 Å². The zero-order valence-corrected chi connectivity index (χ0v) is 10.1. The fourth-order valence-electron chi connectivity index (χ4n) is 1.00. The number of carbonyl (C=O) groups is 1. The molecule has 0 heterocycles. The quantitative estimate of drug-likeness (QED) is 0.853. The maximum absolute atomic E-state index is 10.8. The molecule has 0 fully saturated rings. The monoisotopic (exact) mass is 317 g/mol. The van der Waals surface area contributed by atoms with Crippen molar-refractivity contribution in [2.75, 3.05) is 0 Å². The Kier molecular flexibility index (Phi) is 3.67. The molecule has 0 aliphatic carbocycles. The van der Waals surface area contributed by atoms with Gasteiger partial charge in [0.1, 0.15) is 0 Å². The van der Waals surface area contributed by atoms with E-state index in [2.05, 4.69) is 31.9 Å². The van der Waals surface area contributed by atoms with Crippen molar-refractivity contribution < 1.29 is 9.90 Å². The minimum atomic E-state index is -1.05. The van der Waals surface area contributed by atoms with Crippen molar-refractivity contribution in [3.05, 3.63) is 33.3 Å². The van der Waals surface area contributed by atoms with Crippen LogP contribution in [0.4, 0.5) is 0 Å². The highest BCUT2D eigenvalue weighted by Crippen LogP contribution is 2.25. The molecule has 1 aromatic rings. The Bertz CT molecular complexity index is 424. The standard InChI is InChI=1S/C9H5Br2NO2/c10-3-6-1-5(4-12)2-7(8(6)11)9(13)14/h1-2H,3H2,(H,13,14). The zero-order chi connectivity index (χ0) is 10.7. The van der Waals surface area contributed by atoms with Crippen molar-refractivity contribution >= 4 is 37.8 Å². The van der Waals surface area contributed by atoms with E-state index >= 15 is 0 Å². The fraction of sp³-hybridized carbons (Fsp3) is 0.111. The van der Waals surface area contributed by atoms with Crippen molar-refractivity contribution in [1.82, 2.24) is 0 Å². The Labute approximate surface area is 97.6 Å². The summed E-state index contributed by atoms with van der Waals surface area (Å²) >= 11 is 6.41. The number of hydrogen-bond acceptors (Lipinski definition) is 2. The van der Waals surface area contributed by atoms with Crippen LogP contribution in [0, 0.1) is 11.3 Å². The van der Waals surface area contributed by atoms with Gasteiger partial charge in [-0.15, -0.1) is 0 Å². The minimum absolute atomic E-state index is 0.110. The van der Waals surface area contributed by atoms with Crippen LogP contribution in [0.1, 0.15) is 21.5 Å². The molecule has 0 saturated heterocycles. The molecule has 0 atom stereocenters. The average Bonchev–Trinajstić information content (AvgIpc) is 2.17. The van der Waals surface area contributed by atoms with Crippen LogP contribution in [0.15, 0.2) is 16.6 Å². The molecule has 0 aromatic heterocycles. The highest BCUT2D eigenvalue weighted by Gasteiger charge is 2.13. The second-order valence-electron chi connectivity index (χ2n) is 2.55. The summed E-state index contributed by atoms with van der Waals surface area (Å²) in [6.07, 6.45) is 0. The van der Waals surface area contributed by atoms with Gasteiger partial charge in [-0.3, -0.25) is 0 Å². The van der Waals surface area contributed by atoms with Crippen LogP contribution in [0.2, 0.25) is 0 Å². The molecule has 72 valence electrons. The molecule has 0 saturated carbocycles. The molecular formula is C9H5Br2NO2. The van der Waals surface area contributed by atoms with Gasteiger partial charge in [-0.1, -0.05) is 15.9 Å². The summed E-state index contributed by atoms with van der Waals surface area (Å²) in [5.41, 5.74) is 1.21. The summed E-state index contributed by atoms with van der Waals surface area (Å²) in [6, 6.07) is 4.91. The summed E-state index contributed by atoms with van der Waals surface area (Å²) < 4.78 is 0.515. The number of nitrogens with zero attached hydrogens (tertiary/aromatic N) is 1. The molecular weight excluding hydrogens is 314 g/mol. The molecule has 1 aromatic carbocycles. The van der Waals surface area contributed by atoms with E-state index in [1.54, 1.807) is 6.07 Å². The number of hydrogen-bond donors (Lipinski definition) is 1. The molecule has 1 N–H and O–H groups in total. The van der Waals surface area contributed by atoms with Crippen LogP contribution in [0.25, 0.3) is 0 Å². The molecule has 0 unspecified atom stereocenters. The summed E-state index contributed by atoms with van der Waals surface area (Å²) in [5, 5.41) is 18.0. The molecule has 0 amide bonds. The van der Waals surface area contributed by atoms with Crippen LogP contribution < -0.4 is 0 Å². The van der Waals surface area contributed by atoms with Crippen molar-refractivity contribution in [2.24, 2.45) is 0 Å². The lowest BCUT2D eigenvalue weighted by molar-refractivity contribution is 0.0695. The molecule has 0 bridgehead atoms. The summed E-state index contributed by atoms with van der Waals surface area (Å²) in [7, 11) is 0. The predicted molar refractivity (Wildman–Crippen MR) is 58.4 cm³/mol. The molecule has 0 aliphatic heterocycles. The lowest BCUT2D eigenvalue weighted by Crippen LogP contribution is -2.00. The smallest absolute Gasteiger partial charge is 0.336 e. The minimum Gasteiger partial charge on any atom is -0.478 e. The third kappa shape index (κ3) is 2.14. The van der Waals surface area contributed by atoms with Gasteiger partial charge in [0, 0.05) is 9.80 Å². The third-order valence-corrected chi connectivity index (χ3v) is 3.19. The number of rotatable bonds is 2. The lowest BCUT2D eigenvalue weighted by Gasteiger charge is -2.04. The van der Waals surface area contributed by atoms with Crippen LogP contribution in [-0.2, 0) is 5.33 Å². The highest BCUT2D eigenvalue weighted by atomic mass is 79.9. The highest BCUT2D eigenvalue weighted by molar-refractivity contribution is 9.10. The van der Waals surface area contributed by atoms with Gasteiger partial charge in [0.15, 0.2) is 0 Å². The van der Waals surface area contributed by atoms with E-state index in [0.717, 1.165) is 5.56 Å². The van der Waals surface area contributed by atoms with E-state index in [-0.39, 0.29) is 5.56 Å². The van der Waals surface area contributed by atoms with E-state index in [9.17, 15) is 4.79 Å². The number of carboxylic acids is 1. The molecule has 0 aliphatic rings. The normalized spacial score (nSPS) is 9.50. The first-order chi connectivity index (χ1) is 6.60. The first-order valence-corrected chi connectivity index (χ1v) is 5.53. The molecule has 5 heteroatoms. The van der Waals surface area contributed by atoms with Gasteiger partial charge >= 0.3 is 5.97 Å². The molecule has 0 spiro atoms. The third-order valence-electron chi connectivity index (χ3n) is 1.65. The number of halogens is 2. The molecule has 3 nitrogen and oxygen atoms in total. The van der Waals surface area contributed by atoms with Gasteiger partial charge in [-0.05, 0) is 33.6 Å². The Morgan fingerprint density at radius 2 is 2.21 bits per heavy atom. The largest absolute Gasteiger partial charge is 0.478 e. The summed E-state index contributed by atoms with van der Waals surface area (Å²) in [6.45, 7) is 0. The van der Waals surface area contributed by atoms with Crippen LogP contribution in [0.3, 0.4) is 0 Å². The second kappa shape index (κ2) is 4.58. The van der Waals surface area contributed by atoms with Gasteiger partial charge in [-0.2, -0.15) is 5.26 Å². The van der Waals surface area contributed by atoms with E-state index in [1.807, 2.05) is 6.07 Å². The molecule has 0 radical (unpaired) electrons. The van der Waals surface area contributed by atoms with Crippen molar-refractivity contribution in [2.45, 2.75) is 5.33 Å². The van der Waals surface area contributed by atoms with Crippen LogP contribution in [0.5, 0.6) is 0 Å². The zero-order valence-electron chi connectivity index (χ0n) is 6.92. The topological polar surface area (TPSA) is 61.1 Å². The van der Waals surface area contributed by atoms with Crippen molar-refractivity contribution in [3.8, 4) is 6.07 Å². The summed E-state index contributed by atoms with van der Waals surface area (Å²) in [4.78, 5) is 10.8. The van der Waals surface area contributed by atoms with Crippen LogP contribution >= 0.6 is 31.9 Å².